The lowest BCUT2D eigenvalue weighted by Gasteiger charge is -2.21. The van der Waals surface area contributed by atoms with E-state index in [1.54, 1.807) is 12.1 Å². The lowest BCUT2D eigenvalue weighted by molar-refractivity contribution is 0.0213. The average molecular weight is 334 g/mol. The minimum absolute atomic E-state index is 0.00391. The molecular weight excluding hydrogens is 304 g/mol. The molecule has 4 nitrogen and oxygen atoms in total. The van der Waals surface area contributed by atoms with E-state index in [1.165, 1.54) is 25.0 Å². The Labute approximate surface area is 145 Å². The molecule has 134 valence electrons. The SMILES string of the molecule is CCCCCCC(CC(C)CC)OC(=O)c1ccccc1C(=O)O. The molecule has 1 aromatic rings. The van der Waals surface area contributed by atoms with Crippen LogP contribution in [0.5, 0.6) is 0 Å². The molecule has 0 bridgehead atoms. The van der Waals surface area contributed by atoms with Crippen LogP contribution in [0.3, 0.4) is 0 Å². The van der Waals surface area contributed by atoms with Crippen LogP contribution in [0.2, 0.25) is 0 Å². The third-order valence-electron chi connectivity index (χ3n) is 4.39. The Bertz CT molecular complexity index is 524. The van der Waals surface area contributed by atoms with E-state index in [2.05, 4.69) is 20.8 Å². The smallest absolute Gasteiger partial charge is 0.339 e. The maximum Gasteiger partial charge on any atom is 0.339 e. The molecule has 0 radical (unpaired) electrons. The summed E-state index contributed by atoms with van der Waals surface area (Å²) in [5, 5.41) is 9.22. The van der Waals surface area contributed by atoms with E-state index in [-0.39, 0.29) is 17.2 Å². The van der Waals surface area contributed by atoms with Crippen LogP contribution < -0.4 is 0 Å². The van der Waals surface area contributed by atoms with E-state index in [9.17, 15) is 14.7 Å². The van der Waals surface area contributed by atoms with Gasteiger partial charge in [-0.3, -0.25) is 0 Å². The van der Waals surface area contributed by atoms with Crippen LogP contribution in [0.15, 0.2) is 24.3 Å². The van der Waals surface area contributed by atoms with Gasteiger partial charge in [-0.1, -0.05) is 58.6 Å². The molecule has 0 saturated carbocycles. The normalized spacial score (nSPS) is 13.3. The Kier molecular flexibility index (Phi) is 9.13. The largest absolute Gasteiger partial charge is 0.478 e. The Morgan fingerprint density at radius 1 is 1.08 bits per heavy atom. The fraction of sp³-hybridized carbons (Fsp3) is 0.600. The molecule has 24 heavy (non-hydrogen) atoms. The van der Waals surface area contributed by atoms with Gasteiger partial charge in [-0.2, -0.15) is 0 Å². The van der Waals surface area contributed by atoms with Crippen molar-refractivity contribution < 1.29 is 19.4 Å². The number of carboxylic acids is 1. The van der Waals surface area contributed by atoms with Crippen molar-refractivity contribution in [1.82, 2.24) is 0 Å². The average Bonchev–Trinajstić information content (AvgIpc) is 2.58. The minimum atomic E-state index is -1.11. The summed E-state index contributed by atoms with van der Waals surface area (Å²) in [6.07, 6.45) is 7.07. The standard InChI is InChI=1S/C20H30O4/c1-4-6-7-8-11-16(14-15(3)5-2)24-20(23)18-13-10-9-12-17(18)19(21)22/h9-10,12-13,15-16H,4-8,11,14H2,1-3H3,(H,21,22). The van der Waals surface area contributed by atoms with Gasteiger partial charge in [-0.15, -0.1) is 0 Å². The van der Waals surface area contributed by atoms with Crippen LogP contribution in [0.25, 0.3) is 0 Å². The summed E-state index contributed by atoms with van der Waals surface area (Å²) in [5.41, 5.74) is 0.128. The van der Waals surface area contributed by atoms with Crippen LogP contribution in [0, 0.1) is 5.92 Å². The lowest BCUT2D eigenvalue weighted by atomic mass is 9.97. The maximum atomic E-state index is 12.5. The van der Waals surface area contributed by atoms with Gasteiger partial charge < -0.3 is 9.84 Å². The van der Waals surface area contributed by atoms with Crippen molar-refractivity contribution in [3.05, 3.63) is 35.4 Å². The number of aromatic carboxylic acids is 1. The second-order valence-electron chi connectivity index (χ2n) is 6.48. The number of hydrogen-bond donors (Lipinski definition) is 1. The molecule has 0 aromatic heterocycles. The Hall–Kier alpha value is -1.84. The van der Waals surface area contributed by atoms with E-state index in [1.807, 2.05) is 0 Å². The molecule has 0 aliphatic carbocycles. The van der Waals surface area contributed by atoms with Crippen LogP contribution in [0.1, 0.15) is 86.4 Å². The highest BCUT2D eigenvalue weighted by Gasteiger charge is 2.22. The van der Waals surface area contributed by atoms with E-state index in [0.29, 0.717) is 5.92 Å². The number of carbonyl (C=O) groups is 2. The van der Waals surface area contributed by atoms with Crippen LogP contribution >= 0.6 is 0 Å². The van der Waals surface area contributed by atoms with Gasteiger partial charge in [0.05, 0.1) is 11.1 Å². The number of esters is 1. The molecule has 0 aliphatic rings. The number of ether oxygens (including phenoxy) is 1. The summed E-state index contributed by atoms with van der Waals surface area (Å²) in [6, 6.07) is 6.22. The Balaban J connectivity index is 2.77. The second kappa shape index (κ2) is 10.8. The van der Waals surface area contributed by atoms with Crippen LogP contribution in [-0.2, 0) is 4.74 Å². The number of hydrogen-bond acceptors (Lipinski definition) is 3. The van der Waals surface area contributed by atoms with Gasteiger partial charge in [0.2, 0.25) is 0 Å². The number of unbranched alkanes of at least 4 members (excludes halogenated alkanes) is 3. The summed E-state index contributed by atoms with van der Waals surface area (Å²) in [7, 11) is 0. The van der Waals surface area contributed by atoms with Gasteiger partial charge in [-0.25, -0.2) is 9.59 Å². The molecule has 0 amide bonds. The van der Waals surface area contributed by atoms with Crippen molar-refractivity contribution in [2.24, 2.45) is 5.92 Å². The van der Waals surface area contributed by atoms with E-state index < -0.39 is 11.9 Å². The van der Waals surface area contributed by atoms with Gasteiger partial charge in [0.25, 0.3) is 0 Å². The van der Waals surface area contributed by atoms with Gasteiger partial charge in [0.1, 0.15) is 6.10 Å². The fourth-order valence-corrected chi connectivity index (χ4v) is 2.70. The lowest BCUT2D eigenvalue weighted by Crippen LogP contribution is -2.22. The highest BCUT2D eigenvalue weighted by Crippen LogP contribution is 2.20. The highest BCUT2D eigenvalue weighted by atomic mass is 16.5. The monoisotopic (exact) mass is 334 g/mol. The quantitative estimate of drug-likeness (QED) is 0.439. The molecule has 1 N–H and O–H groups in total. The summed E-state index contributed by atoms with van der Waals surface area (Å²) in [5.74, 6) is -1.16. The summed E-state index contributed by atoms with van der Waals surface area (Å²) >= 11 is 0. The molecule has 0 fully saturated rings. The van der Waals surface area contributed by atoms with Crippen molar-refractivity contribution in [2.45, 2.75) is 71.8 Å². The highest BCUT2D eigenvalue weighted by molar-refractivity contribution is 6.02. The number of carboxylic acid groups (broad SMARTS) is 1. The molecule has 4 heteroatoms. The maximum absolute atomic E-state index is 12.5. The molecular formula is C20H30O4. The van der Waals surface area contributed by atoms with E-state index >= 15 is 0 Å². The summed E-state index contributed by atoms with van der Waals surface area (Å²) in [6.45, 7) is 6.44. The zero-order chi connectivity index (χ0) is 17.9. The molecule has 0 saturated heterocycles. The molecule has 1 rings (SSSR count). The molecule has 1 aromatic carbocycles. The zero-order valence-corrected chi connectivity index (χ0v) is 15.1. The van der Waals surface area contributed by atoms with Crippen LogP contribution in [0.4, 0.5) is 0 Å². The predicted octanol–water partition coefficient (Wildman–Crippen LogP) is 5.32. The van der Waals surface area contributed by atoms with Crippen molar-refractivity contribution >= 4 is 11.9 Å². The molecule has 0 heterocycles. The molecule has 0 spiro atoms. The molecule has 0 aliphatic heterocycles. The Morgan fingerprint density at radius 2 is 1.75 bits per heavy atom. The Morgan fingerprint density at radius 3 is 2.33 bits per heavy atom. The van der Waals surface area contributed by atoms with E-state index in [4.69, 9.17) is 4.74 Å². The van der Waals surface area contributed by atoms with Crippen molar-refractivity contribution in [1.29, 1.82) is 0 Å². The van der Waals surface area contributed by atoms with Gasteiger partial charge in [0.15, 0.2) is 0 Å². The first-order valence-electron chi connectivity index (χ1n) is 9.02. The third-order valence-corrected chi connectivity index (χ3v) is 4.39. The topological polar surface area (TPSA) is 63.6 Å². The van der Waals surface area contributed by atoms with Crippen LogP contribution in [-0.4, -0.2) is 23.1 Å². The van der Waals surface area contributed by atoms with Crippen molar-refractivity contribution in [3.63, 3.8) is 0 Å². The third kappa shape index (κ3) is 6.73. The van der Waals surface area contributed by atoms with Gasteiger partial charge >= 0.3 is 11.9 Å². The second-order valence-corrected chi connectivity index (χ2v) is 6.48. The first kappa shape index (κ1) is 20.2. The van der Waals surface area contributed by atoms with Gasteiger partial charge in [0, 0.05) is 0 Å². The molecule has 2 unspecified atom stereocenters. The van der Waals surface area contributed by atoms with Crippen molar-refractivity contribution in [3.8, 4) is 0 Å². The molecule has 2 atom stereocenters. The number of carbonyl (C=O) groups excluding carboxylic acids is 1. The summed E-state index contributed by atoms with van der Waals surface area (Å²) < 4.78 is 5.68. The first-order chi connectivity index (χ1) is 11.5. The summed E-state index contributed by atoms with van der Waals surface area (Å²) in [4.78, 5) is 23.7. The predicted molar refractivity (Wildman–Crippen MR) is 95.4 cm³/mol. The van der Waals surface area contributed by atoms with Crippen molar-refractivity contribution in [2.75, 3.05) is 0 Å². The van der Waals surface area contributed by atoms with Gasteiger partial charge in [-0.05, 0) is 37.3 Å². The number of rotatable bonds is 11. The minimum Gasteiger partial charge on any atom is -0.478 e. The first-order valence-corrected chi connectivity index (χ1v) is 9.02. The fourth-order valence-electron chi connectivity index (χ4n) is 2.70. The zero-order valence-electron chi connectivity index (χ0n) is 15.1. The number of benzene rings is 1. The van der Waals surface area contributed by atoms with E-state index in [0.717, 1.165) is 32.1 Å².